The fourth-order valence-electron chi connectivity index (χ4n) is 0.782. The summed E-state index contributed by atoms with van der Waals surface area (Å²) in [6, 6.07) is 8.71. The minimum atomic E-state index is 0.322. The summed E-state index contributed by atoms with van der Waals surface area (Å²) >= 11 is 0.432. The molecule has 2 heteroatoms. The second-order valence-corrected chi connectivity index (χ2v) is 5.40. The largest absolute Gasteiger partial charge is 0.508 e. The second kappa shape index (κ2) is 8.65. The molecule has 1 N–H and O–H groups in total. The zero-order chi connectivity index (χ0) is 9.23. The van der Waals surface area contributed by atoms with Crippen LogP contribution in [-0.2, 0) is 0 Å². The topological polar surface area (TPSA) is 20.2 Å². The summed E-state index contributed by atoms with van der Waals surface area (Å²) in [7, 11) is 0. The van der Waals surface area contributed by atoms with Gasteiger partial charge < -0.3 is 5.11 Å². The number of benzene rings is 1. The van der Waals surface area contributed by atoms with Gasteiger partial charge in [-0.25, -0.2) is 0 Å². The van der Waals surface area contributed by atoms with E-state index in [2.05, 4.69) is 13.8 Å². The third kappa shape index (κ3) is 7.66. The molecular weight excluding hydrogens is 163 g/mol. The summed E-state index contributed by atoms with van der Waals surface area (Å²) in [4.78, 5) is 0. The number of para-hydroxylation sites is 1. The summed E-state index contributed by atoms with van der Waals surface area (Å²) < 4.78 is 0. The van der Waals surface area contributed by atoms with Crippen LogP contribution >= 0.6 is 0 Å². The monoisotopic (exact) mass is 180 g/mol. The summed E-state index contributed by atoms with van der Waals surface area (Å²) in [5.41, 5.74) is 0. The molecule has 0 aromatic heterocycles. The van der Waals surface area contributed by atoms with E-state index in [4.69, 9.17) is 5.11 Å². The van der Waals surface area contributed by atoms with Crippen LogP contribution in [0.5, 0.6) is 5.75 Å². The van der Waals surface area contributed by atoms with E-state index in [1.165, 1.54) is 10.6 Å². The first-order valence-corrected chi connectivity index (χ1v) is 6.55. The van der Waals surface area contributed by atoms with Crippen LogP contribution in [0.25, 0.3) is 0 Å². The molecule has 66 valence electrons. The molecule has 0 heterocycles. The van der Waals surface area contributed by atoms with E-state index >= 15 is 0 Å². The predicted octanol–water partition coefficient (Wildman–Crippen LogP) is 2.69. The summed E-state index contributed by atoms with van der Waals surface area (Å²) in [5, 5.41) is 11.6. The van der Waals surface area contributed by atoms with Crippen LogP contribution in [0.4, 0.5) is 0 Å². The first-order valence-electron chi connectivity index (χ1n) is 4.55. The first-order chi connectivity index (χ1) is 5.81. The molecule has 1 aromatic rings. The van der Waals surface area contributed by atoms with Crippen LogP contribution in [0.2, 0.25) is 10.6 Å². The number of phenolic OH excluding ortho intramolecular Hbond substituents is 1. The highest BCUT2D eigenvalue weighted by Gasteiger charge is 1.76. The number of rotatable bonds is 2. The van der Waals surface area contributed by atoms with E-state index in [-0.39, 0.29) is 0 Å². The van der Waals surface area contributed by atoms with Crippen molar-refractivity contribution in [2.45, 2.75) is 24.4 Å². The van der Waals surface area contributed by atoms with E-state index in [1.54, 1.807) is 24.3 Å². The average Bonchev–Trinajstić information content (AvgIpc) is 2.08. The van der Waals surface area contributed by atoms with Gasteiger partial charge in [0.05, 0.1) is 0 Å². The van der Waals surface area contributed by atoms with Gasteiger partial charge in [-0.15, -0.1) is 10.6 Å². The Balaban J connectivity index is 0.000000217. The molecule has 0 unspecified atom stereocenters. The van der Waals surface area contributed by atoms with Gasteiger partial charge in [0.2, 0.25) is 15.2 Å². The molecule has 12 heavy (non-hydrogen) atoms. The molecule has 0 atom stereocenters. The Morgan fingerprint density at radius 1 is 1.08 bits per heavy atom. The van der Waals surface area contributed by atoms with Crippen LogP contribution in [0.15, 0.2) is 30.3 Å². The SMILES string of the molecule is C[CH2][AlH][CH2]C.Oc1ccccc1. The standard InChI is InChI=1S/C6H6O.2C2H5.Al.H/c7-6-4-2-1-3-5-6;2*1-2;;/h1-5,7H;2*1H2,2H3;;. The normalized spacial score (nSPS) is 8.17. The first kappa shape index (κ1) is 11.6. The molecule has 0 aliphatic heterocycles. The number of hydrogen-bond acceptors (Lipinski definition) is 1. The van der Waals surface area contributed by atoms with E-state index in [0.29, 0.717) is 21.0 Å². The molecule has 0 spiro atoms. The molecule has 0 radical (unpaired) electrons. The highest BCUT2D eigenvalue weighted by molar-refractivity contribution is 6.34. The number of hydrogen-bond donors (Lipinski definition) is 1. The van der Waals surface area contributed by atoms with Crippen molar-refractivity contribution in [3.8, 4) is 5.75 Å². The van der Waals surface area contributed by atoms with Crippen molar-refractivity contribution in [2.24, 2.45) is 0 Å². The number of phenols is 1. The van der Waals surface area contributed by atoms with Crippen molar-refractivity contribution < 1.29 is 5.11 Å². The third-order valence-corrected chi connectivity index (χ3v) is 2.88. The molecule has 0 fully saturated rings. The molecule has 0 saturated carbocycles. The molecule has 1 nitrogen and oxygen atoms in total. The van der Waals surface area contributed by atoms with Crippen molar-refractivity contribution in [3.63, 3.8) is 0 Å². The molecular formula is C10H17AlO. The lowest BCUT2D eigenvalue weighted by Crippen LogP contribution is -1.76. The smallest absolute Gasteiger partial charge is 0.236 e. The zero-order valence-corrected chi connectivity index (χ0v) is 9.37. The lowest BCUT2D eigenvalue weighted by molar-refractivity contribution is 0.475. The Hall–Kier alpha value is -0.448. The van der Waals surface area contributed by atoms with Gasteiger partial charge in [0.25, 0.3) is 0 Å². The van der Waals surface area contributed by atoms with Gasteiger partial charge in [0.1, 0.15) is 5.75 Å². The summed E-state index contributed by atoms with van der Waals surface area (Å²) in [6.07, 6.45) is 0. The van der Waals surface area contributed by atoms with Crippen molar-refractivity contribution >= 4 is 15.2 Å². The Kier molecular flexibility index (Phi) is 8.32. The third-order valence-electron chi connectivity index (χ3n) is 1.46. The summed E-state index contributed by atoms with van der Waals surface area (Å²) in [5.74, 6) is 0.322. The van der Waals surface area contributed by atoms with E-state index in [9.17, 15) is 0 Å². The van der Waals surface area contributed by atoms with E-state index in [0.717, 1.165) is 0 Å². The number of aromatic hydroxyl groups is 1. The van der Waals surface area contributed by atoms with Gasteiger partial charge >= 0.3 is 0 Å². The predicted molar refractivity (Wildman–Crippen MR) is 56.2 cm³/mol. The van der Waals surface area contributed by atoms with Crippen molar-refractivity contribution in [1.29, 1.82) is 0 Å². The quantitative estimate of drug-likeness (QED) is 0.694. The maximum Gasteiger partial charge on any atom is 0.236 e. The summed E-state index contributed by atoms with van der Waals surface area (Å²) in [6.45, 7) is 4.55. The van der Waals surface area contributed by atoms with Crippen molar-refractivity contribution in [2.75, 3.05) is 0 Å². The minimum absolute atomic E-state index is 0.322. The van der Waals surface area contributed by atoms with Crippen LogP contribution in [0, 0.1) is 0 Å². The molecule has 0 amide bonds. The molecule has 0 aliphatic rings. The molecule has 0 bridgehead atoms. The molecule has 0 saturated heterocycles. The molecule has 1 aromatic carbocycles. The van der Waals surface area contributed by atoms with Gasteiger partial charge in [-0.2, -0.15) is 0 Å². The lowest BCUT2D eigenvalue weighted by atomic mass is 10.3. The van der Waals surface area contributed by atoms with Gasteiger partial charge in [-0.3, -0.25) is 0 Å². The highest BCUT2D eigenvalue weighted by Crippen LogP contribution is 2.02. The van der Waals surface area contributed by atoms with Crippen LogP contribution < -0.4 is 0 Å². The maximum absolute atomic E-state index is 8.63. The van der Waals surface area contributed by atoms with Crippen LogP contribution in [-0.4, -0.2) is 20.3 Å². The van der Waals surface area contributed by atoms with E-state index < -0.39 is 0 Å². The fraction of sp³-hybridized carbons (Fsp3) is 0.400. The molecule has 0 aliphatic carbocycles. The van der Waals surface area contributed by atoms with Crippen molar-refractivity contribution in [3.05, 3.63) is 30.3 Å². The second-order valence-electron chi connectivity index (χ2n) is 2.69. The van der Waals surface area contributed by atoms with Gasteiger partial charge in [0.15, 0.2) is 0 Å². The Bertz CT molecular complexity index is 172. The van der Waals surface area contributed by atoms with E-state index in [1.807, 2.05) is 6.07 Å². The van der Waals surface area contributed by atoms with Gasteiger partial charge in [0, 0.05) is 0 Å². The van der Waals surface area contributed by atoms with Crippen LogP contribution in [0.1, 0.15) is 13.8 Å². The van der Waals surface area contributed by atoms with Gasteiger partial charge in [-0.05, 0) is 12.1 Å². The Labute approximate surface area is 81.1 Å². The average molecular weight is 180 g/mol. The Morgan fingerprint density at radius 2 is 1.58 bits per heavy atom. The van der Waals surface area contributed by atoms with Crippen LogP contribution in [0.3, 0.4) is 0 Å². The highest BCUT2D eigenvalue weighted by atomic mass is 27.1. The molecule has 1 rings (SSSR count). The maximum atomic E-state index is 8.63. The zero-order valence-electron chi connectivity index (χ0n) is 7.96. The lowest BCUT2D eigenvalue weighted by Gasteiger charge is -1.82. The van der Waals surface area contributed by atoms with Crippen molar-refractivity contribution in [1.82, 2.24) is 0 Å². The fourth-order valence-corrected chi connectivity index (χ4v) is 1.49. The Morgan fingerprint density at radius 3 is 1.75 bits per heavy atom. The minimum Gasteiger partial charge on any atom is -0.508 e. The van der Waals surface area contributed by atoms with Gasteiger partial charge in [-0.1, -0.05) is 32.0 Å².